The van der Waals surface area contributed by atoms with E-state index in [9.17, 15) is 14.5 Å². The summed E-state index contributed by atoms with van der Waals surface area (Å²) >= 11 is 10.0. The first-order valence-electron chi connectivity index (χ1n) is 11.4. The smallest absolute Gasteiger partial charge is 0.276 e. The number of nitrogens with one attached hydrogen (secondary N) is 1. The quantitative estimate of drug-likeness (QED) is 0.176. The molecular weight excluding hydrogens is 569 g/mol. The van der Waals surface area contributed by atoms with Gasteiger partial charge in [0.2, 0.25) is 0 Å². The van der Waals surface area contributed by atoms with Crippen LogP contribution in [-0.4, -0.2) is 44.0 Å². The van der Waals surface area contributed by atoms with Gasteiger partial charge >= 0.3 is 0 Å². The van der Waals surface area contributed by atoms with Crippen LogP contribution >= 0.6 is 27.5 Å². The molecule has 0 spiro atoms. The zero-order valence-electron chi connectivity index (χ0n) is 20.4. The molecule has 1 N–H and O–H groups in total. The van der Waals surface area contributed by atoms with Crippen molar-refractivity contribution in [2.75, 3.05) is 27.9 Å². The van der Waals surface area contributed by atoms with Crippen molar-refractivity contribution in [2.45, 2.75) is 25.0 Å². The topological polar surface area (TPSA) is 86.1 Å². The second-order valence-electron chi connectivity index (χ2n) is 8.49. The Morgan fingerprint density at radius 2 is 1.81 bits per heavy atom. The second kappa shape index (κ2) is 11.8. The molecule has 0 amide bonds. The first-order chi connectivity index (χ1) is 17.8. The van der Waals surface area contributed by atoms with Crippen molar-refractivity contribution in [3.8, 4) is 5.75 Å². The molecule has 2 unspecified atom stereocenters. The first-order valence-corrected chi connectivity index (χ1v) is 12.5. The standard InChI is InChI=1S/C26H26BrClFN3O5/c1-35-18-7-4-15(5-8-18)14-31-25(19-12-17(29)6-9-21(19)28)24-20(10-16(27)11-22(24)32(33)34)26(31)30-13-23(36-2)37-3/h4-12,23,25-26,30H,13-14H2,1-3H3. The Hall–Kier alpha value is -2.60. The summed E-state index contributed by atoms with van der Waals surface area (Å²) in [5.41, 5.74) is 2.38. The van der Waals surface area contributed by atoms with E-state index in [0.717, 1.165) is 5.56 Å². The molecule has 8 nitrogen and oxygen atoms in total. The Kier molecular flexibility index (Phi) is 8.79. The third-order valence-corrected chi connectivity index (χ3v) is 7.17. The highest BCUT2D eigenvalue weighted by molar-refractivity contribution is 9.10. The molecule has 0 saturated heterocycles. The molecule has 1 aliphatic heterocycles. The number of nitro groups is 1. The third kappa shape index (κ3) is 5.79. The van der Waals surface area contributed by atoms with Crippen molar-refractivity contribution < 1.29 is 23.5 Å². The normalized spacial score (nSPS) is 17.3. The van der Waals surface area contributed by atoms with Crippen LogP contribution in [-0.2, 0) is 16.0 Å². The van der Waals surface area contributed by atoms with E-state index in [2.05, 4.69) is 21.2 Å². The minimum absolute atomic E-state index is 0.0891. The summed E-state index contributed by atoms with van der Waals surface area (Å²) in [6, 6.07) is 14.2. The molecule has 4 rings (SSSR count). The molecule has 0 fully saturated rings. The highest BCUT2D eigenvalue weighted by Gasteiger charge is 2.45. The minimum Gasteiger partial charge on any atom is -0.497 e. The van der Waals surface area contributed by atoms with E-state index >= 15 is 0 Å². The Morgan fingerprint density at radius 1 is 1.11 bits per heavy atom. The largest absolute Gasteiger partial charge is 0.497 e. The van der Waals surface area contributed by atoms with Crippen LogP contribution < -0.4 is 10.1 Å². The summed E-state index contributed by atoms with van der Waals surface area (Å²) in [7, 11) is 4.65. The number of hydrogen-bond donors (Lipinski definition) is 1. The van der Waals surface area contributed by atoms with Crippen LogP contribution in [0.25, 0.3) is 0 Å². The van der Waals surface area contributed by atoms with Gasteiger partial charge in [-0.3, -0.25) is 20.3 Å². The average molecular weight is 595 g/mol. The van der Waals surface area contributed by atoms with Crippen LogP contribution in [0.4, 0.5) is 10.1 Å². The van der Waals surface area contributed by atoms with Crippen LogP contribution in [0.1, 0.15) is 34.5 Å². The van der Waals surface area contributed by atoms with Crippen molar-refractivity contribution >= 4 is 33.2 Å². The summed E-state index contributed by atoms with van der Waals surface area (Å²) in [5.74, 6) is 0.218. The maximum Gasteiger partial charge on any atom is 0.276 e. The van der Waals surface area contributed by atoms with Crippen LogP contribution in [0.15, 0.2) is 59.1 Å². The van der Waals surface area contributed by atoms with Crippen LogP contribution in [0, 0.1) is 15.9 Å². The molecule has 1 aliphatic rings. The number of nitro benzene ring substituents is 1. The van der Waals surface area contributed by atoms with Gasteiger partial charge in [0.15, 0.2) is 6.29 Å². The van der Waals surface area contributed by atoms with Gasteiger partial charge in [0.1, 0.15) is 11.6 Å². The Labute approximate surface area is 227 Å². The molecule has 0 saturated carbocycles. The van der Waals surface area contributed by atoms with Gasteiger partial charge in [-0.05, 0) is 53.1 Å². The van der Waals surface area contributed by atoms with E-state index < -0.39 is 29.2 Å². The van der Waals surface area contributed by atoms with E-state index in [1.54, 1.807) is 7.11 Å². The maximum atomic E-state index is 14.5. The van der Waals surface area contributed by atoms with Gasteiger partial charge in [0.05, 0.1) is 29.8 Å². The van der Waals surface area contributed by atoms with Gasteiger partial charge < -0.3 is 14.2 Å². The number of fused-ring (bicyclic) bond motifs is 1. The number of methoxy groups -OCH3 is 3. The fourth-order valence-electron chi connectivity index (χ4n) is 4.67. The number of rotatable bonds is 10. The van der Waals surface area contributed by atoms with Crippen molar-refractivity contribution in [2.24, 2.45) is 0 Å². The zero-order valence-corrected chi connectivity index (χ0v) is 22.8. The molecular formula is C26H26BrClFN3O5. The monoisotopic (exact) mass is 593 g/mol. The predicted molar refractivity (Wildman–Crippen MR) is 141 cm³/mol. The third-order valence-electron chi connectivity index (χ3n) is 6.36. The molecule has 37 heavy (non-hydrogen) atoms. The number of halogens is 3. The summed E-state index contributed by atoms with van der Waals surface area (Å²) < 4.78 is 31.0. The molecule has 0 radical (unpaired) electrons. The molecule has 11 heteroatoms. The van der Waals surface area contributed by atoms with E-state index in [4.69, 9.17) is 25.8 Å². The van der Waals surface area contributed by atoms with Crippen molar-refractivity contribution in [1.29, 1.82) is 0 Å². The molecule has 2 atom stereocenters. The molecule has 196 valence electrons. The zero-order chi connectivity index (χ0) is 26.7. The van der Waals surface area contributed by atoms with Gasteiger partial charge in [-0.15, -0.1) is 0 Å². The van der Waals surface area contributed by atoms with E-state index in [-0.39, 0.29) is 5.69 Å². The fourth-order valence-corrected chi connectivity index (χ4v) is 5.36. The highest BCUT2D eigenvalue weighted by atomic mass is 79.9. The number of benzene rings is 3. The molecule has 0 aromatic heterocycles. The molecule has 0 bridgehead atoms. The van der Waals surface area contributed by atoms with Crippen molar-refractivity contribution in [3.05, 3.63) is 102 Å². The highest BCUT2D eigenvalue weighted by Crippen LogP contribution is 2.51. The Bertz CT molecular complexity index is 1280. The van der Waals surface area contributed by atoms with Crippen molar-refractivity contribution in [1.82, 2.24) is 10.2 Å². The van der Waals surface area contributed by atoms with E-state index in [1.807, 2.05) is 35.2 Å². The van der Waals surface area contributed by atoms with Gasteiger partial charge in [0, 0.05) is 42.9 Å². The lowest BCUT2D eigenvalue weighted by Crippen LogP contribution is -2.40. The maximum absolute atomic E-state index is 14.5. The second-order valence-corrected chi connectivity index (χ2v) is 9.81. The van der Waals surface area contributed by atoms with E-state index in [0.29, 0.717) is 45.0 Å². The lowest BCUT2D eigenvalue weighted by molar-refractivity contribution is -0.385. The molecule has 1 heterocycles. The van der Waals surface area contributed by atoms with E-state index in [1.165, 1.54) is 38.5 Å². The first kappa shape index (κ1) is 27.4. The SMILES string of the molecule is COc1ccc(CN2C(NCC(OC)OC)c3cc(Br)cc([N+](=O)[O-])c3C2c2cc(F)ccc2Cl)cc1. The predicted octanol–water partition coefficient (Wildman–Crippen LogP) is 5.97. The van der Waals surface area contributed by atoms with Gasteiger partial charge in [-0.25, -0.2) is 4.39 Å². The Morgan fingerprint density at radius 3 is 2.43 bits per heavy atom. The van der Waals surface area contributed by atoms with Crippen molar-refractivity contribution in [3.63, 3.8) is 0 Å². The van der Waals surface area contributed by atoms with Crippen LogP contribution in [0.2, 0.25) is 5.02 Å². The Balaban J connectivity index is 1.91. The molecule has 3 aromatic carbocycles. The van der Waals surface area contributed by atoms with Gasteiger partial charge in [-0.2, -0.15) is 0 Å². The molecule has 0 aliphatic carbocycles. The van der Waals surface area contributed by atoms with Crippen LogP contribution in [0.5, 0.6) is 5.75 Å². The lowest BCUT2D eigenvalue weighted by Gasteiger charge is -2.32. The lowest BCUT2D eigenvalue weighted by atomic mass is 9.95. The fraction of sp³-hybridized carbons (Fsp3) is 0.308. The summed E-state index contributed by atoms with van der Waals surface area (Å²) in [6.45, 7) is 0.660. The minimum atomic E-state index is -0.713. The van der Waals surface area contributed by atoms with Gasteiger partial charge in [0.25, 0.3) is 5.69 Å². The summed E-state index contributed by atoms with van der Waals surface area (Å²) in [4.78, 5) is 13.8. The van der Waals surface area contributed by atoms with Crippen LogP contribution in [0.3, 0.4) is 0 Å². The number of hydrogen-bond acceptors (Lipinski definition) is 7. The molecule has 3 aromatic rings. The van der Waals surface area contributed by atoms with Gasteiger partial charge in [-0.1, -0.05) is 39.7 Å². The summed E-state index contributed by atoms with van der Waals surface area (Å²) in [5, 5.41) is 16.0. The number of nitrogens with zero attached hydrogens (tertiary/aromatic N) is 2. The summed E-state index contributed by atoms with van der Waals surface area (Å²) in [6.07, 6.45) is -1.06. The number of ether oxygens (including phenoxy) is 3. The average Bonchev–Trinajstić information content (AvgIpc) is 3.18.